The molecule has 0 saturated heterocycles. The van der Waals surface area contributed by atoms with Crippen molar-refractivity contribution in [3.63, 3.8) is 0 Å². The van der Waals surface area contributed by atoms with E-state index in [1.807, 2.05) is 13.8 Å². The molecule has 3 aromatic rings. The van der Waals surface area contributed by atoms with Gasteiger partial charge < -0.3 is 15.0 Å². The second-order valence-corrected chi connectivity index (χ2v) is 6.50. The third-order valence-electron chi connectivity index (χ3n) is 3.57. The first kappa shape index (κ1) is 16.2. The van der Waals surface area contributed by atoms with Crippen LogP contribution in [0.3, 0.4) is 0 Å². The van der Waals surface area contributed by atoms with Crippen LogP contribution >= 0.6 is 11.3 Å². The number of aromatic amines is 1. The number of H-pyrrole nitrogens is 1. The lowest BCUT2D eigenvalue weighted by atomic mass is 10.1. The number of thiazole rings is 1. The number of anilines is 1. The molecule has 0 aliphatic rings. The molecule has 24 heavy (non-hydrogen) atoms. The Kier molecular flexibility index (Phi) is 4.35. The predicted molar refractivity (Wildman–Crippen MR) is 95.7 cm³/mol. The molecule has 0 saturated carbocycles. The Labute approximate surface area is 142 Å². The van der Waals surface area contributed by atoms with Gasteiger partial charge in [-0.3, -0.25) is 9.59 Å². The molecule has 0 spiro atoms. The molecular weight excluding hydrogens is 326 g/mol. The van der Waals surface area contributed by atoms with Crippen LogP contribution in [0.2, 0.25) is 0 Å². The number of methoxy groups -OCH3 is 1. The van der Waals surface area contributed by atoms with Crippen LogP contribution in [-0.4, -0.2) is 23.0 Å². The van der Waals surface area contributed by atoms with Crippen molar-refractivity contribution in [2.75, 3.05) is 12.4 Å². The molecule has 2 aromatic heterocycles. The van der Waals surface area contributed by atoms with Crippen molar-refractivity contribution < 1.29 is 9.53 Å². The molecule has 2 N–H and O–H groups in total. The van der Waals surface area contributed by atoms with Crippen molar-refractivity contribution in [1.29, 1.82) is 0 Å². The number of pyridine rings is 1. The van der Waals surface area contributed by atoms with Crippen LogP contribution in [0, 0.1) is 5.92 Å². The molecule has 2 heterocycles. The minimum absolute atomic E-state index is 0.0901. The zero-order valence-electron chi connectivity index (χ0n) is 13.5. The summed E-state index contributed by atoms with van der Waals surface area (Å²) in [5.41, 5.74) is 1.79. The lowest BCUT2D eigenvalue weighted by Gasteiger charge is -2.05. The van der Waals surface area contributed by atoms with Crippen LogP contribution in [0.1, 0.15) is 13.8 Å². The highest BCUT2D eigenvalue weighted by molar-refractivity contribution is 7.14. The van der Waals surface area contributed by atoms with Crippen molar-refractivity contribution >= 4 is 33.3 Å². The van der Waals surface area contributed by atoms with E-state index in [1.54, 1.807) is 30.7 Å². The Morgan fingerprint density at radius 1 is 1.33 bits per heavy atom. The van der Waals surface area contributed by atoms with Crippen LogP contribution in [-0.2, 0) is 4.79 Å². The van der Waals surface area contributed by atoms with Gasteiger partial charge in [0.15, 0.2) is 10.6 Å². The fourth-order valence-electron chi connectivity index (χ4n) is 2.20. The minimum atomic E-state index is -0.120. The number of nitrogens with zero attached hydrogens (tertiary/aromatic N) is 1. The summed E-state index contributed by atoms with van der Waals surface area (Å²) in [5, 5.41) is 5.65. The highest BCUT2D eigenvalue weighted by atomic mass is 32.1. The molecular formula is C17H17N3O3S. The number of aromatic nitrogens is 2. The predicted octanol–water partition coefficient (Wildman–Crippen LogP) is 3.25. The maximum Gasteiger partial charge on any atom is 0.228 e. The zero-order valence-corrected chi connectivity index (χ0v) is 14.4. The molecule has 6 nitrogen and oxygen atoms in total. The highest BCUT2D eigenvalue weighted by Gasteiger charge is 2.12. The Morgan fingerprint density at radius 3 is 2.83 bits per heavy atom. The molecule has 0 unspecified atom stereocenters. The third kappa shape index (κ3) is 3.16. The van der Waals surface area contributed by atoms with Gasteiger partial charge in [-0.1, -0.05) is 13.8 Å². The van der Waals surface area contributed by atoms with E-state index < -0.39 is 0 Å². The van der Waals surface area contributed by atoms with Gasteiger partial charge in [-0.25, -0.2) is 4.98 Å². The Bertz CT molecular complexity index is 959. The van der Waals surface area contributed by atoms with Gasteiger partial charge in [-0.05, 0) is 12.1 Å². The number of benzene rings is 1. The molecule has 1 aromatic carbocycles. The fraction of sp³-hybridized carbons (Fsp3) is 0.235. The normalized spacial score (nSPS) is 11.0. The lowest BCUT2D eigenvalue weighted by molar-refractivity contribution is -0.118. The van der Waals surface area contributed by atoms with E-state index in [0.29, 0.717) is 33.2 Å². The first-order valence-electron chi connectivity index (χ1n) is 7.46. The molecule has 124 valence electrons. The average Bonchev–Trinajstić information content (AvgIpc) is 3.02. The maximum atomic E-state index is 12.3. The SMILES string of the molecule is COc1ccc2c(=O)cc(-c3csc(NC(=O)C(C)C)n3)[nH]c2c1. The van der Waals surface area contributed by atoms with Crippen LogP contribution in [0.15, 0.2) is 34.4 Å². The van der Waals surface area contributed by atoms with Gasteiger partial charge in [0.2, 0.25) is 5.91 Å². The van der Waals surface area contributed by atoms with Crippen LogP contribution in [0.25, 0.3) is 22.3 Å². The molecule has 0 fully saturated rings. The van der Waals surface area contributed by atoms with E-state index in [-0.39, 0.29) is 17.3 Å². The van der Waals surface area contributed by atoms with E-state index in [0.717, 1.165) is 0 Å². The number of carbonyl (C=O) groups excluding carboxylic acids is 1. The van der Waals surface area contributed by atoms with Gasteiger partial charge in [0, 0.05) is 28.8 Å². The van der Waals surface area contributed by atoms with Crippen molar-refractivity contribution in [3.8, 4) is 17.1 Å². The number of nitrogens with one attached hydrogen (secondary N) is 2. The quantitative estimate of drug-likeness (QED) is 0.761. The summed E-state index contributed by atoms with van der Waals surface area (Å²) < 4.78 is 5.19. The number of hydrogen-bond acceptors (Lipinski definition) is 5. The van der Waals surface area contributed by atoms with E-state index in [4.69, 9.17) is 4.74 Å². The molecule has 0 aliphatic heterocycles. The smallest absolute Gasteiger partial charge is 0.228 e. The highest BCUT2D eigenvalue weighted by Crippen LogP contribution is 2.25. The standard InChI is InChI=1S/C17H17N3O3S/c1-9(2)16(22)20-17-19-14(8-24-17)13-7-15(21)11-5-4-10(23-3)6-12(11)18-13/h4-9H,1-3H3,(H,18,21)(H,19,20,22). The molecule has 7 heteroatoms. The van der Waals surface area contributed by atoms with Gasteiger partial charge in [-0.15, -0.1) is 11.3 Å². The summed E-state index contributed by atoms with van der Waals surface area (Å²) in [7, 11) is 1.58. The van der Waals surface area contributed by atoms with Crippen molar-refractivity contribution in [3.05, 3.63) is 39.9 Å². The third-order valence-corrected chi connectivity index (χ3v) is 4.33. The molecule has 0 aliphatic carbocycles. The average molecular weight is 343 g/mol. The van der Waals surface area contributed by atoms with Crippen molar-refractivity contribution in [1.82, 2.24) is 9.97 Å². The molecule has 0 atom stereocenters. The molecule has 0 radical (unpaired) electrons. The number of carbonyl (C=O) groups is 1. The summed E-state index contributed by atoms with van der Waals surface area (Å²) in [6.45, 7) is 3.64. The van der Waals surface area contributed by atoms with E-state index >= 15 is 0 Å². The number of rotatable bonds is 4. The summed E-state index contributed by atoms with van der Waals surface area (Å²) >= 11 is 1.32. The number of fused-ring (bicyclic) bond motifs is 1. The first-order chi connectivity index (χ1) is 11.5. The summed E-state index contributed by atoms with van der Waals surface area (Å²) in [4.78, 5) is 31.6. The number of ether oxygens (including phenoxy) is 1. The van der Waals surface area contributed by atoms with Gasteiger partial charge in [0.25, 0.3) is 0 Å². The van der Waals surface area contributed by atoms with E-state index in [9.17, 15) is 9.59 Å². The topological polar surface area (TPSA) is 84.1 Å². The van der Waals surface area contributed by atoms with Gasteiger partial charge >= 0.3 is 0 Å². The second kappa shape index (κ2) is 6.45. The van der Waals surface area contributed by atoms with Gasteiger partial charge in [-0.2, -0.15) is 0 Å². The summed E-state index contributed by atoms with van der Waals surface area (Å²) in [6, 6.07) is 6.76. The monoisotopic (exact) mass is 343 g/mol. The van der Waals surface area contributed by atoms with Gasteiger partial charge in [0.1, 0.15) is 5.75 Å². The summed E-state index contributed by atoms with van der Waals surface area (Å²) in [6.07, 6.45) is 0. The van der Waals surface area contributed by atoms with Gasteiger partial charge in [0.05, 0.1) is 24.0 Å². The van der Waals surface area contributed by atoms with Crippen LogP contribution in [0.5, 0.6) is 5.75 Å². The number of amides is 1. The van der Waals surface area contributed by atoms with E-state index in [2.05, 4.69) is 15.3 Å². The maximum absolute atomic E-state index is 12.3. The Hall–Kier alpha value is -2.67. The molecule has 3 rings (SSSR count). The number of hydrogen-bond donors (Lipinski definition) is 2. The largest absolute Gasteiger partial charge is 0.497 e. The van der Waals surface area contributed by atoms with Crippen LogP contribution < -0.4 is 15.5 Å². The van der Waals surface area contributed by atoms with Crippen molar-refractivity contribution in [2.45, 2.75) is 13.8 Å². The molecule has 1 amide bonds. The van der Waals surface area contributed by atoms with E-state index in [1.165, 1.54) is 17.4 Å². The minimum Gasteiger partial charge on any atom is -0.497 e. The Morgan fingerprint density at radius 2 is 2.12 bits per heavy atom. The first-order valence-corrected chi connectivity index (χ1v) is 8.33. The Balaban J connectivity index is 1.99. The van der Waals surface area contributed by atoms with Crippen LogP contribution in [0.4, 0.5) is 5.13 Å². The van der Waals surface area contributed by atoms with Crippen molar-refractivity contribution in [2.24, 2.45) is 5.92 Å². The molecule has 0 bridgehead atoms. The fourth-order valence-corrected chi connectivity index (χ4v) is 2.91. The lowest BCUT2D eigenvalue weighted by Crippen LogP contribution is -2.17. The second-order valence-electron chi connectivity index (χ2n) is 5.64. The zero-order chi connectivity index (χ0) is 17.3. The summed E-state index contributed by atoms with van der Waals surface area (Å²) in [5.74, 6) is 0.455.